The van der Waals surface area contributed by atoms with Crippen LogP contribution in [0, 0.1) is 5.41 Å². The highest BCUT2D eigenvalue weighted by molar-refractivity contribution is 14.1. The summed E-state index contributed by atoms with van der Waals surface area (Å²) >= 11 is 1.83. The SMILES string of the molecule is CC(C)(C)C(=O)NCc1cnc(C2CC2)c(-c2nn(-c3ccc(C(F)(F)F)cc3)c(=O)n2I)c1. The maximum absolute atomic E-state index is 12.9. The smallest absolute Gasteiger partial charge is 0.352 e. The van der Waals surface area contributed by atoms with Crippen LogP contribution >= 0.6 is 22.9 Å². The van der Waals surface area contributed by atoms with E-state index in [0.717, 1.165) is 40.9 Å². The molecule has 0 unspecified atom stereocenters. The van der Waals surface area contributed by atoms with Gasteiger partial charge in [-0.3, -0.25) is 9.78 Å². The quantitative estimate of drug-likeness (QED) is 0.435. The number of carbonyl (C=O) groups excluding carboxylic acids is 1. The van der Waals surface area contributed by atoms with Gasteiger partial charge in [-0.15, -0.1) is 5.10 Å². The molecule has 0 bridgehead atoms. The van der Waals surface area contributed by atoms with E-state index in [-0.39, 0.29) is 24.1 Å². The zero-order chi connectivity index (χ0) is 24.8. The number of benzene rings is 1. The first-order chi connectivity index (χ1) is 15.9. The van der Waals surface area contributed by atoms with Crippen molar-refractivity contribution in [1.82, 2.24) is 22.9 Å². The molecule has 3 aromatic rings. The molecule has 0 atom stereocenters. The van der Waals surface area contributed by atoms with Crippen LogP contribution in [0.15, 0.2) is 41.3 Å². The van der Waals surface area contributed by atoms with Gasteiger partial charge in [0.05, 0.1) is 39.8 Å². The van der Waals surface area contributed by atoms with Crippen molar-refractivity contribution in [3.05, 3.63) is 63.8 Å². The molecule has 11 heteroatoms. The summed E-state index contributed by atoms with van der Waals surface area (Å²) in [6.45, 7) is 5.74. The summed E-state index contributed by atoms with van der Waals surface area (Å²) in [5, 5.41) is 7.33. The minimum atomic E-state index is -4.47. The Balaban J connectivity index is 1.71. The Morgan fingerprint density at radius 3 is 2.38 bits per heavy atom. The summed E-state index contributed by atoms with van der Waals surface area (Å²) in [4.78, 5) is 29.8. The fourth-order valence-corrected chi connectivity index (χ4v) is 3.95. The van der Waals surface area contributed by atoms with E-state index < -0.39 is 22.8 Å². The van der Waals surface area contributed by atoms with Crippen molar-refractivity contribution in [2.24, 2.45) is 5.41 Å². The second kappa shape index (κ2) is 8.82. The fraction of sp³-hybridized carbons (Fsp3) is 0.391. The molecule has 7 nitrogen and oxygen atoms in total. The molecule has 4 rings (SSSR count). The number of carbonyl (C=O) groups is 1. The van der Waals surface area contributed by atoms with Crippen molar-refractivity contribution >= 4 is 28.8 Å². The Kier molecular flexibility index (Phi) is 6.34. The monoisotopic (exact) mass is 585 g/mol. The lowest BCUT2D eigenvalue weighted by Gasteiger charge is -2.18. The van der Waals surface area contributed by atoms with Crippen LogP contribution in [0.5, 0.6) is 0 Å². The largest absolute Gasteiger partial charge is 0.416 e. The molecule has 0 radical (unpaired) electrons. The molecule has 2 aromatic heterocycles. The third kappa shape index (κ3) is 5.03. The molecule has 34 heavy (non-hydrogen) atoms. The standard InChI is InChI=1S/C23H23F3IN5O2/c1-22(2,3)20(33)29-12-13-10-17(18(28-11-13)14-4-5-14)19-30-32(21(34)31(19)27)16-8-6-15(7-9-16)23(24,25)26/h6-11,14H,4-5,12H2,1-3H3,(H,29,33). The average molecular weight is 585 g/mol. The molecule has 1 amide bonds. The van der Waals surface area contributed by atoms with Gasteiger partial charge in [0.25, 0.3) is 0 Å². The Morgan fingerprint density at radius 2 is 1.82 bits per heavy atom. The normalized spacial score (nSPS) is 14.3. The van der Waals surface area contributed by atoms with Gasteiger partial charge in [-0.05, 0) is 48.7 Å². The highest BCUT2D eigenvalue weighted by Crippen LogP contribution is 2.43. The number of nitrogens with zero attached hydrogens (tertiary/aromatic N) is 4. The van der Waals surface area contributed by atoms with Gasteiger partial charge in [0, 0.05) is 29.6 Å². The maximum atomic E-state index is 12.9. The molecule has 1 aliphatic rings. The van der Waals surface area contributed by atoms with Crippen molar-refractivity contribution in [2.75, 3.05) is 0 Å². The molecule has 0 saturated heterocycles. The molecule has 1 aromatic carbocycles. The summed E-state index contributed by atoms with van der Waals surface area (Å²) in [6, 6.07) is 6.14. The number of rotatable bonds is 5. The van der Waals surface area contributed by atoms with Crippen LogP contribution in [-0.4, -0.2) is 23.5 Å². The summed E-state index contributed by atoms with van der Waals surface area (Å²) in [5.41, 5.74) is 0.629. The van der Waals surface area contributed by atoms with E-state index in [1.165, 1.54) is 14.9 Å². The van der Waals surface area contributed by atoms with Gasteiger partial charge < -0.3 is 5.32 Å². The first-order valence-electron chi connectivity index (χ1n) is 10.7. The first-order valence-corrected chi connectivity index (χ1v) is 11.7. The summed E-state index contributed by atoms with van der Waals surface area (Å²) in [7, 11) is 0. The van der Waals surface area contributed by atoms with Gasteiger partial charge in [-0.1, -0.05) is 20.8 Å². The molecule has 2 heterocycles. The van der Waals surface area contributed by atoms with Gasteiger partial charge in [-0.2, -0.15) is 17.9 Å². The number of hydrogen-bond donors (Lipinski definition) is 1. The number of alkyl halides is 3. The topological polar surface area (TPSA) is 81.8 Å². The molecular weight excluding hydrogens is 562 g/mol. The van der Waals surface area contributed by atoms with Crippen LogP contribution in [0.3, 0.4) is 0 Å². The summed E-state index contributed by atoms with van der Waals surface area (Å²) in [6.07, 6.45) is -0.802. The second-order valence-electron chi connectivity index (χ2n) is 9.33. The Hall–Kier alpha value is -2.70. The molecule has 1 saturated carbocycles. The molecule has 1 aliphatic carbocycles. The lowest BCUT2D eigenvalue weighted by atomic mass is 9.95. The number of aromatic nitrogens is 4. The van der Waals surface area contributed by atoms with Crippen molar-refractivity contribution in [2.45, 2.75) is 52.3 Å². The number of hydrogen-bond acceptors (Lipinski definition) is 4. The predicted molar refractivity (Wildman–Crippen MR) is 129 cm³/mol. The molecule has 0 aliphatic heterocycles. The van der Waals surface area contributed by atoms with Gasteiger partial charge in [-0.25, -0.2) is 7.58 Å². The lowest BCUT2D eigenvalue weighted by Crippen LogP contribution is -2.34. The van der Waals surface area contributed by atoms with E-state index in [4.69, 9.17) is 0 Å². The molecule has 1 fully saturated rings. The molecule has 1 N–H and O–H groups in total. The van der Waals surface area contributed by atoms with Crippen LogP contribution in [0.25, 0.3) is 17.1 Å². The Labute approximate surface area is 207 Å². The van der Waals surface area contributed by atoms with Crippen molar-refractivity contribution in [1.29, 1.82) is 0 Å². The Morgan fingerprint density at radius 1 is 1.18 bits per heavy atom. The van der Waals surface area contributed by atoms with Crippen LogP contribution in [0.1, 0.15) is 56.4 Å². The van der Waals surface area contributed by atoms with Crippen LogP contribution in [-0.2, 0) is 17.5 Å². The average Bonchev–Trinajstić information content (AvgIpc) is 3.57. The molecule has 0 spiro atoms. The summed E-state index contributed by atoms with van der Waals surface area (Å²) in [5.74, 6) is 0.512. The summed E-state index contributed by atoms with van der Waals surface area (Å²) < 4.78 is 41.1. The number of nitrogens with one attached hydrogen (secondary N) is 1. The molecular formula is C23H23F3IN5O2. The van der Waals surface area contributed by atoms with Gasteiger partial charge in [0.15, 0.2) is 5.82 Å². The van der Waals surface area contributed by atoms with E-state index in [9.17, 15) is 22.8 Å². The van der Waals surface area contributed by atoms with E-state index >= 15 is 0 Å². The van der Waals surface area contributed by atoms with Gasteiger partial charge in [0.2, 0.25) is 5.91 Å². The van der Waals surface area contributed by atoms with E-state index in [2.05, 4.69) is 15.4 Å². The second-order valence-corrected chi connectivity index (χ2v) is 10.3. The minimum absolute atomic E-state index is 0.0994. The zero-order valence-corrected chi connectivity index (χ0v) is 20.9. The van der Waals surface area contributed by atoms with Crippen molar-refractivity contribution in [3.8, 4) is 17.1 Å². The van der Waals surface area contributed by atoms with Crippen molar-refractivity contribution < 1.29 is 18.0 Å². The third-order valence-electron chi connectivity index (χ3n) is 5.48. The van der Waals surface area contributed by atoms with E-state index in [0.29, 0.717) is 11.4 Å². The zero-order valence-electron chi connectivity index (χ0n) is 18.8. The highest BCUT2D eigenvalue weighted by atomic mass is 127. The van der Waals surface area contributed by atoms with Gasteiger partial charge in [0.1, 0.15) is 0 Å². The lowest BCUT2D eigenvalue weighted by molar-refractivity contribution is -0.137. The number of amides is 1. The van der Waals surface area contributed by atoms with E-state index in [1.807, 2.05) is 49.7 Å². The highest BCUT2D eigenvalue weighted by Gasteiger charge is 2.32. The van der Waals surface area contributed by atoms with Crippen LogP contribution in [0.2, 0.25) is 0 Å². The predicted octanol–water partition coefficient (Wildman–Crippen LogP) is 4.85. The third-order valence-corrected chi connectivity index (χ3v) is 6.35. The Bertz CT molecular complexity index is 1290. The van der Waals surface area contributed by atoms with Gasteiger partial charge >= 0.3 is 11.9 Å². The molecule has 180 valence electrons. The van der Waals surface area contributed by atoms with E-state index in [1.54, 1.807) is 6.20 Å². The fourth-order valence-electron chi connectivity index (χ4n) is 3.39. The van der Waals surface area contributed by atoms with Crippen molar-refractivity contribution in [3.63, 3.8) is 0 Å². The minimum Gasteiger partial charge on any atom is -0.352 e. The van der Waals surface area contributed by atoms with Crippen LogP contribution in [0.4, 0.5) is 13.2 Å². The number of halogens is 4. The number of pyridine rings is 1. The maximum Gasteiger partial charge on any atom is 0.416 e. The first kappa shape index (κ1) is 24.4. The van der Waals surface area contributed by atoms with Crippen LogP contribution < -0.4 is 11.0 Å².